The monoisotopic (exact) mass is 282 g/mol. The van der Waals surface area contributed by atoms with Gasteiger partial charge in [-0.15, -0.1) is 11.3 Å². The largest absolute Gasteiger partial charge is 0.465 e. The van der Waals surface area contributed by atoms with Crippen LogP contribution in [0.1, 0.15) is 46.2 Å². The molecule has 0 atom stereocenters. The summed E-state index contributed by atoms with van der Waals surface area (Å²) in [5.41, 5.74) is 6.46. The third kappa shape index (κ3) is 2.89. The molecule has 1 aromatic rings. The van der Waals surface area contributed by atoms with Gasteiger partial charge in [-0.1, -0.05) is 6.92 Å². The van der Waals surface area contributed by atoms with Crippen LogP contribution in [0.5, 0.6) is 0 Å². The Morgan fingerprint density at radius 2 is 2.16 bits per heavy atom. The van der Waals surface area contributed by atoms with E-state index in [9.17, 15) is 9.59 Å². The summed E-state index contributed by atoms with van der Waals surface area (Å²) in [4.78, 5) is 24.1. The Balaban J connectivity index is 2.31. The Morgan fingerprint density at radius 3 is 2.68 bits per heavy atom. The van der Waals surface area contributed by atoms with Crippen molar-refractivity contribution in [1.29, 1.82) is 0 Å². The van der Waals surface area contributed by atoms with Gasteiger partial charge in [-0.3, -0.25) is 4.79 Å². The van der Waals surface area contributed by atoms with E-state index in [0.717, 1.165) is 6.54 Å². The second-order valence-electron chi connectivity index (χ2n) is 4.64. The maximum atomic E-state index is 11.8. The second kappa shape index (κ2) is 5.61. The average molecular weight is 282 g/mol. The van der Waals surface area contributed by atoms with E-state index < -0.39 is 5.97 Å². The molecule has 0 spiro atoms. The summed E-state index contributed by atoms with van der Waals surface area (Å²) in [5, 5.41) is 3.86. The van der Waals surface area contributed by atoms with Gasteiger partial charge in [-0.2, -0.15) is 0 Å². The van der Waals surface area contributed by atoms with E-state index in [0.29, 0.717) is 27.8 Å². The quantitative estimate of drug-likeness (QED) is 0.619. The number of Topliss-reactive ketones (excluding diaryl/α,β-unsaturated/α-hetero) is 1. The molecule has 19 heavy (non-hydrogen) atoms. The van der Waals surface area contributed by atoms with Crippen molar-refractivity contribution >= 4 is 33.8 Å². The van der Waals surface area contributed by atoms with Gasteiger partial charge in [-0.05, 0) is 18.8 Å². The SMILES string of the molecule is CCC(=O)c1sc(NCC2CC2)c(C(=O)OC)c1N. The highest BCUT2D eigenvalue weighted by Gasteiger charge is 2.27. The minimum Gasteiger partial charge on any atom is -0.465 e. The van der Waals surface area contributed by atoms with Crippen molar-refractivity contribution in [2.75, 3.05) is 24.7 Å². The molecule has 1 aliphatic carbocycles. The van der Waals surface area contributed by atoms with Crippen molar-refractivity contribution in [3.05, 3.63) is 10.4 Å². The number of nitrogens with two attached hydrogens (primary N) is 1. The Hall–Kier alpha value is -1.56. The van der Waals surface area contributed by atoms with Gasteiger partial charge in [0.2, 0.25) is 0 Å². The predicted molar refractivity (Wildman–Crippen MR) is 75.9 cm³/mol. The number of ketones is 1. The Kier molecular flexibility index (Phi) is 4.09. The van der Waals surface area contributed by atoms with E-state index in [1.165, 1.54) is 31.3 Å². The van der Waals surface area contributed by atoms with Crippen LogP contribution in [-0.4, -0.2) is 25.4 Å². The van der Waals surface area contributed by atoms with Crippen molar-refractivity contribution in [1.82, 2.24) is 0 Å². The maximum Gasteiger partial charge on any atom is 0.343 e. The van der Waals surface area contributed by atoms with Crippen LogP contribution in [0.25, 0.3) is 0 Å². The number of nitrogen functional groups attached to an aromatic ring is 1. The lowest BCUT2D eigenvalue weighted by atomic mass is 10.2. The van der Waals surface area contributed by atoms with Crippen LogP contribution in [0.4, 0.5) is 10.7 Å². The van der Waals surface area contributed by atoms with Gasteiger partial charge in [0.25, 0.3) is 0 Å². The molecule has 0 amide bonds. The highest BCUT2D eigenvalue weighted by atomic mass is 32.1. The van der Waals surface area contributed by atoms with Gasteiger partial charge in [0.05, 0.1) is 17.7 Å². The van der Waals surface area contributed by atoms with Gasteiger partial charge in [0.1, 0.15) is 10.6 Å². The number of rotatable bonds is 6. The third-order valence-corrected chi connectivity index (χ3v) is 4.36. The number of hydrogen-bond acceptors (Lipinski definition) is 6. The normalized spacial score (nSPS) is 14.2. The number of nitrogens with one attached hydrogen (secondary N) is 1. The van der Waals surface area contributed by atoms with Crippen molar-refractivity contribution in [2.45, 2.75) is 26.2 Å². The molecule has 3 N–H and O–H groups in total. The minimum absolute atomic E-state index is 0.0490. The summed E-state index contributed by atoms with van der Waals surface area (Å²) in [6, 6.07) is 0. The van der Waals surface area contributed by atoms with Crippen LogP contribution in [0, 0.1) is 5.92 Å². The fourth-order valence-electron chi connectivity index (χ4n) is 1.80. The summed E-state index contributed by atoms with van der Waals surface area (Å²) < 4.78 is 4.74. The number of hydrogen-bond donors (Lipinski definition) is 2. The van der Waals surface area contributed by atoms with Gasteiger partial charge < -0.3 is 15.8 Å². The molecule has 1 aromatic heterocycles. The van der Waals surface area contributed by atoms with Crippen molar-refractivity contribution < 1.29 is 14.3 Å². The van der Waals surface area contributed by atoms with Gasteiger partial charge in [0, 0.05) is 13.0 Å². The zero-order valence-electron chi connectivity index (χ0n) is 11.1. The van der Waals surface area contributed by atoms with Crippen LogP contribution in [0.2, 0.25) is 0 Å². The van der Waals surface area contributed by atoms with Crippen LogP contribution < -0.4 is 11.1 Å². The van der Waals surface area contributed by atoms with E-state index in [1.54, 1.807) is 6.92 Å². The molecule has 0 radical (unpaired) electrons. The molecule has 1 fully saturated rings. The Bertz CT molecular complexity index is 506. The first-order valence-electron chi connectivity index (χ1n) is 6.36. The number of methoxy groups -OCH3 is 1. The number of ether oxygens (including phenoxy) is 1. The van der Waals surface area contributed by atoms with Gasteiger partial charge in [0.15, 0.2) is 5.78 Å². The number of thiophene rings is 1. The molecule has 5 nitrogen and oxygen atoms in total. The molecule has 1 aliphatic rings. The van der Waals surface area contributed by atoms with Crippen LogP contribution in [0.3, 0.4) is 0 Å². The summed E-state index contributed by atoms with van der Waals surface area (Å²) in [7, 11) is 1.31. The van der Waals surface area contributed by atoms with Gasteiger partial charge in [-0.25, -0.2) is 4.79 Å². The zero-order chi connectivity index (χ0) is 14.0. The zero-order valence-corrected chi connectivity index (χ0v) is 11.9. The van der Waals surface area contributed by atoms with E-state index in [1.807, 2.05) is 0 Å². The summed E-state index contributed by atoms with van der Waals surface area (Å²) in [5.74, 6) is 0.119. The van der Waals surface area contributed by atoms with Crippen LogP contribution >= 0.6 is 11.3 Å². The van der Waals surface area contributed by atoms with Crippen LogP contribution in [0.15, 0.2) is 0 Å². The third-order valence-electron chi connectivity index (χ3n) is 3.16. The lowest BCUT2D eigenvalue weighted by Crippen LogP contribution is -2.10. The second-order valence-corrected chi connectivity index (χ2v) is 5.66. The van der Waals surface area contributed by atoms with E-state index in [-0.39, 0.29) is 11.5 Å². The average Bonchev–Trinajstić information content (AvgIpc) is 3.18. The fourth-order valence-corrected chi connectivity index (χ4v) is 2.92. The van der Waals surface area contributed by atoms with Gasteiger partial charge >= 0.3 is 5.97 Å². The molecule has 0 bridgehead atoms. The van der Waals surface area contributed by atoms with Crippen molar-refractivity contribution in [3.63, 3.8) is 0 Å². The molecule has 2 rings (SSSR count). The first kappa shape index (κ1) is 13.9. The first-order valence-corrected chi connectivity index (χ1v) is 7.17. The summed E-state index contributed by atoms with van der Waals surface area (Å²) in [6.07, 6.45) is 2.79. The van der Waals surface area contributed by atoms with E-state index >= 15 is 0 Å². The molecule has 0 aliphatic heterocycles. The predicted octanol–water partition coefficient (Wildman–Crippen LogP) is 2.53. The van der Waals surface area contributed by atoms with Crippen molar-refractivity contribution in [2.24, 2.45) is 5.92 Å². The molecule has 104 valence electrons. The first-order chi connectivity index (χ1) is 9.08. The van der Waals surface area contributed by atoms with E-state index in [4.69, 9.17) is 10.5 Å². The Morgan fingerprint density at radius 1 is 1.47 bits per heavy atom. The van der Waals surface area contributed by atoms with Crippen LogP contribution in [-0.2, 0) is 4.74 Å². The van der Waals surface area contributed by atoms with Crippen molar-refractivity contribution in [3.8, 4) is 0 Å². The number of esters is 1. The molecule has 0 aromatic carbocycles. The molecule has 6 heteroatoms. The number of carbonyl (C=O) groups is 2. The molecule has 0 unspecified atom stereocenters. The molecular formula is C13H18N2O3S. The minimum atomic E-state index is -0.498. The Labute approximate surface area is 116 Å². The molecule has 0 saturated heterocycles. The lowest BCUT2D eigenvalue weighted by Gasteiger charge is -2.05. The lowest BCUT2D eigenvalue weighted by molar-refractivity contribution is 0.0603. The number of carbonyl (C=O) groups excluding carboxylic acids is 2. The molecule has 1 saturated carbocycles. The summed E-state index contributed by atoms with van der Waals surface area (Å²) in [6.45, 7) is 2.58. The standard InChI is InChI=1S/C13H18N2O3S/c1-3-8(16)11-10(14)9(13(17)18-2)12(19-11)15-6-7-4-5-7/h7,15H,3-6,14H2,1-2H3. The smallest absolute Gasteiger partial charge is 0.343 e. The highest BCUT2D eigenvalue weighted by Crippen LogP contribution is 2.38. The topological polar surface area (TPSA) is 81.4 Å². The number of anilines is 2. The molecular weight excluding hydrogens is 264 g/mol. The van der Waals surface area contributed by atoms with E-state index in [2.05, 4.69) is 5.32 Å². The highest BCUT2D eigenvalue weighted by molar-refractivity contribution is 7.19. The fraction of sp³-hybridized carbons (Fsp3) is 0.538. The maximum absolute atomic E-state index is 11.8. The summed E-state index contributed by atoms with van der Waals surface area (Å²) >= 11 is 1.25. The molecule has 1 heterocycles.